The summed E-state index contributed by atoms with van der Waals surface area (Å²) in [5.41, 5.74) is 0.390. The molecule has 22 heavy (non-hydrogen) atoms. The van der Waals surface area contributed by atoms with Crippen molar-refractivity contribution in [2.24, 2.45) is 0 Å². The van der Waals surface area contributed by atoms with Gasteiger partial charge in [-0.2, -0.15) is 0 Å². The van der Waals surface area contributed by atoms with Crippen molar-refractivity contribution < 1.29 is 9.32 Å². The summed E-state index contributed by atoms with van der Waals surface area (Å²) in [6.45, 7) is 1.62. The lowest BCUT2D eigenvalue weighted by atomic mass is 10.2. The highest BCUT2D eigenvalue weighted by atomic mass is 32.1. The number of anilines is 1. The third-order valence-electron chi connectivity index (χ3n) is 4.28. The first-order valence-corrected chi connectivity index (χ1v) is 8.60. The molecule has 2 aliphatic rings. The second kappa shape index (κ2) is 5.72. The number of carbonyl (C=O) groups is 1. The van der Waals surface area contributed by atoms with E-state index in [1.54, 1.807) is 17.4 Å². The SMILES string of the molecule is O=C(NCC1CCCN1c1nccs1)c1cc(C2CC2)on1. The first-order chi connectivity index (χ1) is 10.8. The highest BCUT2D eigenvalue weighted by molar-refractivity contribution is 7.13. The fourth-order valence-electron chi connectivity index (χ4n) is 2.92. The lowest BCUT2D eigenvalue weighted by Gasteiger charge is -2.23. The molecular formula is C15H18N4O2S. The van der Waals surface area contributed by atoms with E-state index < -0.39 is 0 Å². The monoisotopic (exact) mass is 318 g/mol. The lowest BCUT2D eigenvalue weighted by molar-refractivity contribution is 0.0942. The van der Waals surface area contributed by atoms with E-state index in [1.807, 2.05) is 11.6 Å². The first-order valence-electron chi connectivity index (χ1n) is 7.72. The van der Waals surface area contributed by atoms with Crippen LogP contribution in [0.25, 0.3) is 0 Å². The number of nitrogens with zero attached hydrogens (tertiary/aromatic N) is 3. The number of thiazole rings is 1. The quantitative estimate of drug-likeness (QED) is 0.916. The average molecular weight is 318 g/mol. The Morgan fingerprint density at radius 2 is 2.36 bits per heavy atom. The highest BCUT2D eigenvalue weighted by Gasteiger charge is 2.30. The summed E-state index contributed by atoms with van der Waals surface area (Å²) in [7, 11) is 0. The van der Waals surface area contributed by atoms with Crippen molar-refractivity contribution in [1.29, 1.82) is 0 Å². The highest BCUT2D eigenvalue weighted by Crippen LogP contribution is 2.40. The molecule has 1 unspecified atom stereocenters. The molecule has 2 fully saturated rings. The topological polar surface area (TPSA) is 71.3 Å². The largest absolute Gasteiger partial charge is 0.360 e. The summed E-state index contributed by atoms with van der Waals surface area (Å²) >= 11 is 1.64. The van der Waals surface area contributed by atoms with Crippen molar-refractivity contribution in [3.05, 3.63) is 29.1 Å². The van der Waals surface area contributed by atoms with Crippen LogP contribution in [0.2, 0.25) is 0 Å². The van der Waals surface area contributed by atoms with Gasteiger partial charge in [-0.05, 0) is 25.7 Å². The van der Waals surface area contributed by atoms with Crippen molar-refractivity contribution in [2.75, 3.05) is 18.0 Å². The van der Waals surface area contributed by atoms with Gasteiger partial charge in [0, 0.05) is 42.7 Å². The molecule has 0 radical (unpaired) electrons. The lowest BCUT2D eigenvalue weighted by Crippen LogP contribution is -2.40. The normalized spacial score (nSPS) is 21.3. The molecule has 0 aromatic carbocycles. The van der Waals surface area contributed by atoms with Crippen LogP contribution in [0.1, 0.15) is 47.8 Å². The van der Waals surface area contributed by atoms with Gasteiger partial charge in [-0.15, -0.1) is 11.3 Å². The minimum atomic E-state index is -0.151. The van der Waals surface area contributed by atoms with E-state index in [0.717, 1.165) is 43.1 Å². The third kappa shape index (κ3) is 2.72. The summed E-state index contributed by atoms with van der Waals surface area (Å²) in [6.07, 6.45) is 6.31. The van der Waals surface area contributed by atoms with E-state index in [-0.39, 0.29) is 5.91 Å². The molecule has 0 bridgehead atoms. The van der Waals surface area contributed by atoms with Gasteiger partial charge in [0.05, 0.1) is 0 Å². The van der Waals surface area contributed by atoms with E-state index in [9.17, 15) is 4.79 Å². The second-order valence-corrected chi connectivity index (χ2v) is 6.78. The maximum atomic E-state index is 12.2. The molecule has 1 amide bonds. The number of aromatic nitrogens is 2. The standard InChI is InChI=1S/C15H18N4O2S/c20-14(12-8-13(21-18-12)10-3-4-10)17-9-11-2-1-6-19(11)15-16-5-7-22-15/h5,7-8,10-11H,1-4,6,9H2,(H,17,20). The molecule has 116 valence electrons. The number of hydrogen-bond donors (Lipinski definition) is 1. The van der Waals surface area contributed by atoms with Crippen molar-refractivity contribution in [1.82, 2.24) is 15.5 Å². The molecule has 1 aliphatic heterocycles. The van der Waals surface area contributed by atoms with Crippen LogP contribution >= 0.6 is 11.3 Å². The number of amides is 1. The zero-order chi connectivity index (χ0) is 14.9. The smallest absolute Gasteiger partial charge is 0.273 e. The van der Waals surface area contributed by atoms with E-state index >= 15 is 0 Å². The van der Waals surface area contributed by atoms with Crippen molar-refractivity contribution in [3.63, 3.8) is 0 Å². The summed E-state index contributed by atoms with van der Waals surface area (Å²) < 4.78 is 5.23. The molecule has 7 heteroatoms. The molecule has 2 aromatic heterocycles. The molecule has 1 atom stereocenters. The third-order valence-corrected chi connectivity index (χ3v) is 5.09. The van der Waals surface area contributed by atoms with Crippen LogP contribution in [0.4, 0.5) is 5.13 Å². The van der Waals surface area contributed by atoms with E-state index in [4.69, 9.17) is 4.52 Å². The molecular weight excluding hydrogens is 300 g/mol. The van der Waals surface area contributed by atoms with E-state index in [1.165, 1.54) is 0 Å². The van der Waals surface area contributed by atoms with E-state index in [0.29, 0.717) is 24.2 Å². The van der Waals surface area contributed by atoms with Gasteiger partial charge < -0.3 is 14.7 Å². The van der Waals surface area contributed by atoms with Crippen LogP contribution in [0.15, 0.2) is 22.2 Å². The second-order valence-electron chi connectivity index (χ2n) is 5.90. The minimum Gasteiger partial charge on any atom is -0.360 e. The number of carbonyl (C=O) groups excluding carboxylic acids is 1. The van der Waals surface area contributed by atoms with Gasteiger partial charge in [-0.25, -0.2) is 4.98 Å². The van der Waals surface area contributed by atoms with Crippen LogP contribution in [0.3, 0.4) is 0 Å². The van der Waals surface area contributed by atoms with Crippen molar-refractivity contribution in [3.8, 4) is 0 Å². The van der Waals surface area contributed by atoms with Crippen molar-refractivity contribution in [2.45, 2.75) is 37.6 Å². The molecule has 0 spiro atoms. The Kier molecular flexibility index (Phi) is 3.57. The van der Waals surface area contributed by atoms with Gasteiger partial charge in [0.25, 0.3) is 5.91 Å². The summed E-state index contributed by atoms with van der Waals surface area (Å²) in [6, 6.07) is 2.09. The zero-order valence-electron chi connectivity index (χ0n) is 12.2. The maximum Gasteiger partial charge on any atom is 0.273 e. The molecule has 1 saturated heterocycles. The van der Waals surface area contributed by atoms with Gasteiger partial charge in [-0.1, -0.05) is 5.16 Å². The molecule has 1 aliphatic carbocycles. The van der Waals surface area contributed by atoms with Crippen LogP contribution in [-0.2, 0) is 0 Å². The Morgan fingerprint density at radius 3 is 3.14 bits per heavy atom. The first kappa shape index (κ1) is 13.8. The average Bonchev–Trinajstić information content (AvgIpc) is 3.02. The summed E-state index contributed by atoms with van der Waals surface area (Å²) in [5, 5.41) is 9.88. The molecule has 6 nitrogen and oxygen atoms in total. The minimum absolute atomic E-state index is 0.151. The Hall–Kier alpha value is -1.89. The summed E-state index contributed by atoms with van der Waals surface area (Å²) in [5.74, 6) is 1.17. The molecule has 4 rings (SSSR count). The fraction of sp³-hybridized carbons (Fsp3) is 0.533. The summed E-state index contributed by atoms with van der Waals surface area (Å²) in [4.78, 5) is 18.8. The number of rotatable bonds is 5. The van der Waals surface area contributed by atoms with Gasteiger partial charge in [0.1, 0.15) is 5.76 Å². The van der Waals surface area contributed by atoms with Gasteiger partial charge in [-0.3, -0.25) is 4.79 Å². The van der Waals surface area contributed by atoms with Crippen LogP contribution in [0, 0.1) is 0 Å². The molecule has 3 heterocycles. The molecule has 2 aromatic rings. The van der Waals surface area contributed by atoms with Crippen LogP contribution in [-0.4, -0.2) is 35.2 Å². The van der Waals surface area contributed by atoms with Crippen LogP contribution in [0.5, 0.6) is 0 Å². The maximum absolute atomic E-state index is 12.2. The predicted octanol–water partition coefficient (Wildman–Crippen LogP) is 2.41. The number of hydrogen-bond acceptors (Lipinski definition) is 6. The molecule has 1 saturated carbocycles. The van der Waals surface area contributed by atoms with Gasteiger partial charge in [0.15, 0.2) is 10.8 Å². The zero-order valence-corrected chi connectivity index (χ0v) is 13.0. The van der Waals surface area contributed by atoms with Crippen molar-refractivity contribution >= 4 is 22.4 Å². The Labute approximate surface area is 132 Å². The Bertz CT molecular complexity index is 650. The Balaban J connectivity index is 1.35. The Morgan fingerprint density at radius 1 is 1.45 bits per heavy atom. The predicted molar refractivity (Wildman–Crippen MR) is 83.3 cm³/mol. The van der Waals surface area contributed by atoms with Gasteiger partial charge >= 0.3 is 0 Å². The van der Waals surface area contributed by atoms with E-state index in [2.05, 4.69) is 20.4 Å². The van der Waals surface area contributed by atoms with Gasteiger partial charge in [0.2, 0.25) is 0 Å². The van der Waals surface area contributed by atoms with Crippen LogP contribution < -0.4 is 10.2 Å². The number of nitrogens with one attached hydrogen (secondary N) is 1. The molecule has 1 N–H and O–H groups in total. The fourth-order valence-corrected chi connectivity index (χ4v) is 3.66.